The molecule has 0 N–H and O–H groups in total. The lowest BCUT2D eigenvalue weighted by molar-refractivity contribution is -0.001000. The third-order valence-electron chi connectivity index (χ3n) is 0. The van der Waals surface area contributed by atoms with Crippen molar-refractivity contribution in [3.05, 3.63) is 0 Å². The van der Waals surface area contributed by atoms with E-state index in [1.165, 1.54) is 0 Å². The highest BCUT2D eigenvalue weighted by Crippen LogP contribution is 0.153. The van der Waals surface area contributed by atoms with E-state index in [2.05, 4.69) is 0 Å². The first-order chi connectivity index (χ1) is 0. The minimum absolute atomic E-state index is 0. The molecule has 0 aliphatic heterocycles. The first-order valence-corrected chi connectivity index (χ1v) is 0. The van der Waals surface area contributed by atoms with Crippen molar-refractivity contribution in [1.29, 1.82) is 0 Å². The molecule has 0 aromatic carbocycles. The topological polar surface area (TPSA) is 0 Å². The summed E-state index contributed by atoms with van der Waals surface area (Å²) in [6, 6.07) is 0. The lowest BCUT2D eigenvalue weighted by Crippen LogP contribution is -3.00. The van der Waals surface area contributed by atoms with Crippen molar-refractivity contribution in [1.82, 2.24) is 0 Å². The van der Waals surface area contributed by atoms with Gasteiger partial charge in [0.2, 0.25) is 0 Å². The van der Waals surface area contributed by atoms with Gasteiger partial charge in [-0.15, -0.1) is 0 Å². The zero-order valence-electron chi connectivity index (χ0n) is 0.756. The lowest BCUT2D eigenvalue weighted by Gasteiger charge is -1.00. The molecule has 0 aromatic heterocycles. The Labute approximate surface area is 108 Å². The smallest absolute Gasteiger partial charge is 0.0776 e. The fourth-order valence-corrected chi connectivity index (χ4v) is 0. The van der Waals surface area contributed by atoms with Gasteiger partial charge in [-0.05, 0) is 0 Å². The zero-order valence-corrected chi connectivity index (χ0v) is 3.93. The van der Waals surface area contributed by atoms with Crippen LogP contribution in [0.5, 0.6) is 0 Å². The van der Waals surface area contributed by atoms with Crippen molar-refractivity contribution in [2.45, 2.75) is 74.3 Å². The summed E-state index contributed by atoms with van der Waals surface area (Å²) in [4.78, 5) is 0. The summed E-state index contributed by atoms with van der Waals surface area (Å²) in [5.74, 6) is 0. The van der Waals surface area contributed by atoms with Crippen LogP contribution in [-0.4, -0.2) is 0 Å². The van der Waals surface area contributed by atoms with Crippen molar-refractivity contribution < 1.29 is 34.0 Å². The molecule has 0 saturated carbocycles. The van der Waals surface area contributed by atoms with Gasteiger partial charge in [-0.3, -0.25) is 0 Å². The average Bonchev–Trinajstić information content (AvgIpc) is 0. The predicted molar refractivity (Wildman–Crippen MR) is 67.3 cm³/mol. The molecule has 0 unspecified atom stereocenters. The Hall–Kier alpha value is 0.960. The first-order valence-electron chi connectivity index (χ1n) is 0. The molecule has 0 aliphatic carbocycles. The van der Waals surface area contributed by atoms with Crippen LogP contribution < -0.4 is 34.0 Å². The normalized spacial score (nSPS) is 0. The van der Waals surface area contributed by atoms with Gasteiger partial charge in [0.1, 0.15) is 0 Å². The highest BCUT2D eigenvalue weighted by atomic mass is 79.9. The molecule has 0 aliphatic rings. The molecule has 0 rings (SSSR count). The molecule has 0 radical (unpaired) electrons. The number of rotatable bonds is 0. The highest BCUT2D eigenvalue weighted by molar-refractivity contribution is 2.51. The van der Waals surface area contributed by atoms with E-state index in [0.717, 1.165) is 0 Å². The van der Waals surface area contributed by atoms with E-state index in [4.69, 9.17) is 0 Å². The molecule has 0 nitrogen and oxygen atoms in total. The van der Waals surface area contributed by atoms with E-state index < -0.39 is 0 Å². The van der Waals surface area contributed by atoms with Crippen LogP contribution in [0.4, 0.5) is 0 Å². The molecule has 0 amide bonds. The van der Waals surface area contributed by atoms with Crippen LogP contribution in [0.15, 0.2) is 0 Å². The van der Waals surface area contributed by atoms with Crippen LogP contribution in [0.25, 0.3) is 0 Å². The van der Waals surface area contributed by atoms with E-state index in [-0.39, 0.29) is 108 Å². The molecular weight excluding hydrogens is 280 g/mol. The maximum atomic E-state index is 0. The second kappa shape index (κ2) is 1560. The Bertz CT molecular complexity index is 7.80. The molecule has 0 aromatic rings. The summed E-state index contributed by atoms with van der Waals surface area (Å²) in [7, 11) is 0. The number of hydrogen-bond acceptors (Lipinski definition) is 0. The fourth-order valence-electron chi connectivity index (χ4n) is 0. The average molecular weight is 320 g/mol. The third-order valence-corrected chi connectivity index (χ3v) is 0. The maximum Gasteiger partial charge on any atom is -0.0776 e. The van der Waals surface area contributed by atoms with Gasteiger partial charge in [-0.25, -0.2) is 0 Å². The Kier molecular flexibility index (Phi) is 261000. The van der Waals surface area contributed by atoms with Crippen LogP contribution in [0, 0.1) is 0 Å². The summed E-state index contributed by atoms with van der Waals surface area (Å²) in [5.41, 5.74) is 0. The van der Waals surface area contributed by atoms with Gasteiger partial charge in [0, 0.05) is 0 Å². The number of hydrogen-bond donors (Lipinski definition) is 0. The molecule has 0 spiro atoms. The van der Waals surface area contributed by atoms with Gasteiger partial charge in [0.05, 0.1) is 0 Å². The van der Waals surface area contributed by atoms with E-state index in [1.54, 1.807) is 0 Å². The summed E-state index contributed by atoms with van der Waals surface area (Å²) in [6.07, 6.45) is 0. The maximum absolute atomic E-state index is 0. The van der Waals surface area contributed by atoms with Gasteiger partial charge in [-0.1, -0.05) is 74.3 Å². The first kappa shape index (κ1) is 2010. The Morgan fingerprint density at radius 3 is 0.167 bits per heavy atom. The molecule has 2 heteroatoms. The standard InChI is InChI=1S/10CH4.2BrH/h10*1H4;2*1H/p-2. The predicted octanol–water partition coefficient (Wildman–Crippen LogP) is 0.369. The summed E-state index contributed by atoms with van der Waals surface area (Å²) in [5, 5.41) is 0. The van der Waals surface area contributed by atoms with Crippen molar-refractivity contribution in [3.8, 4) is 0 Å². The SMILES string of the molecule is C.C.C.C.C.C.C.C.C.C.[Br-].[Br-]. The van der Waals surface area contributed by atoms with Crippen LogP contribution in [0.1, 0.15) is 74.3 Å². The third kappa shape index (κ3) is 1180. The van der Waals surface area contributed by atoms with Crippen molar-refractivity contribution >= 4 is 0 Å². The lowest BCUT2D eigenvalue weighted by atomic mass is 12.0. The highest BCUT2D eigenvalue weighted by Gasteiger charge is -0.0685. The van der Waals surface area contributed by atoms with Gasteiger partial charge in [0.15, 0.2) is 0 Å². The molecular formula is C10H40Br2-2. The minimum Gasteiger partial charge on any atom is -1.00 e. The zero-order chi connectivity index (χ0) is 0. The molecule has 12 heavy (non-hydrogen) atoms. The van der Waals surface area contributed by atoms with Crippen LogP contribution >= 0.6 is 0 Å². The van der Waals surface area contributed by atoms with E-state index in [9.17, 15) is 0 Å². The summed E-state index contributed by atoms with van der Waals surface area (Å²) in [6.45, 7) is 0. The molecule has 0 saturated heterocycles. The fraction of sp³-hybridized carbons (Fsp3) is 1.00. The van der Waals surface area contributed by atoms with Gasteiger partial charge >= 0.3 is 0 Å². The van der Waals surface area contributed by atoms with E-state index >= 15 is 0 Å². The van der Waals surface area contributed by atoms with Crippen LogP contribution in [-0.2, 0) is 0 Å². The summed E-state index contributed by atoms with van der Waals surface area (Å²) < 4.78 is 0. The quantitative estimate of drug-likeness (QED) is 0.605. The molecule has 0 atom stereocenters. The van der Waals surface area contributed by atoms with Gasteiger partial charge < -0.3 is 34.0 Å². The van der Waals surface area contributed by atoms with E-state index in [0.29, 0.717) is 0 Å². The Balaban J connectivity index is 0. The van der Waals surface area contributed by atoms with Crippen molar-refractivity contribution in [2.75, 3.05) is 0 Å². The van der Waals surface area contributed by atoms with Crippen LogP contribution in [0.2, 0.25) is 0 Å². The van der Waals surface area contributed by atoms with Crippen molar-refractivity contribution in [2.24, 2.45) is 0 Å². The monoisotopic (exact) mass is 318 g/mol. The second-order valence-electron chi connectivity index (χ2n) is 0. The Morgan fingerprint density at radius 2 is 0.167 bits per heavy atom. The molecule has 0 fully saturated rings. The van der Waals surface area contributed by atoms with E-state index in [1.807, 2.05) is 0 Å². The number of halogens is 2. The van der Waals surface area contributed by atoms with Crippen LogP contribution in [0.3, 0.4) is 0 Å². The Morgan fingerprint density at radius 1 is 0.167 bits per heavy atom. The molecule has 0 bridgehead atoms. The van der Waals surface area contributed by atoms with Gasteiger partial charge in [-0.2, -0.15) is 0 Å². The van der Waals surface area contributed by atoms with Crippen molar-refractivity contribution in [3.63, 3.8) is 0 Å². The minimum atomic E-state index is 0. The summed E-state index contributed by atoms with van der Waals surface area (Å²) >= 11 is 0. The largest absolute Gasteiger partial charge is 1.00 e. The molecule has 96 valence electrons. The second-order valence-corrected chi connectivity index (χ2v) is 0. The molecule has 0 heterocycles. The van der Waals surface area contributed by atoms with Gasteiger partial charge in [0.25, 0.3) is 0 Å².